The molecule has 5 heteroatoms. The van der Waals surface area contributed by atoms with Crippen LogP contribution >= 0.6 is 0 Å². The third-order valence-electron chi connectivity index (χ3n) is 4.14. The molecule has 3 aromatic rings. The number of nitrogens with two attached hydrogens (primary N) is 1. The van der Waals surface area contributed by atoms with E-state index in [-0.39, 0.29) is 18.5 Å². The number of amides is 1. The van der Waals surface area contributed by atoms with Gasteiger partial charge in [0.2, 0.25) is 0 Å². The first-order chi connectivity index (χ1) is 12.0. The highest BCUT2D eigenvalue weighted by atomic mass is 19.1. The minimum Gasteiger partial charge on any atom is -0.332 e. The average Bonchev–Trinajstić information content (AvgIpc) is 2.59. The predicted octanol–water partition coefficient (Wildman–Crippen LogP) is 3.38. The van der Waals surface area contributed by atoms with E-state index in [1.807, 2.05) is 42.5 Å². The fourth-order valence-electron chi connectivity index (χ4n) is 2.76. The summed E-state index contributed by atoms with van der Waals surface area (Å²) in [5, 5.41) is 6.71. The van der Waals surface area contributed by atoms with E-state index in [2.05, 4.69) is 5.32 Å². The van der Waals surface area contributed by atoms with Crippen molar-refractivity contribution in [2.24, 2.45) is 0 Å². The summed E-state index contributed by atoms with van der Waals surface area (Å²) in [6.45, 7) is 1.92. The molecule has 0 saturated heterocycles. The monoisotopic (exact) mass is 341 g/mol. The van der Waals surface area contributed by atoms with E-state index >= 15 is 0 Å². The van der Waals surface area contributed by atoms with Gasteiger partial charge in [-0.25, -0.2) is 8.78 Å². The summed E-state index contributed by atoms with van der Waals surface area (Å²) in [5.41, 5.74) is 1.10. The highest BCUT2D eigenvalue weighted by molar-refractivity contribution is 5.94. The van der Waals surface area contributed by atoms with Crippen molar-refractivity contribution in [2.75, 3.05) is 11.9 Å². The largest absolute Gasteiger partial charge is 0.332 e. The molecule has 1 atom stereocenters. The Bertz CT molecular complexity index is 911. The second-order valence-corrected chi connectivity index (χ2v) is 6.00. The van der Waals surface area contributed by atoms with Gasteiger partial charge in [0.25, 0.3) is 5.91 Å². The Balaban J connectivity index is 1.60. The van der Waals surface area contributed by atoms with Crippen LogP contribution in [0, 0.1) is 11.6 Å². The molecule has 128 valence electrons. The van der Waals surface area contributed by atoms with Gasteiger partial charge in [0.1, 0.15) is 17.7 Å². The molecule has 3 nitrogen and oxygen atoms in total. The quantitative estimate of drug-likeness (QED) is 0.734. The van der Waals surface area contributed by atoms with Crippen LogP contribution in [0.5, 0.6) is 0 Å². The predicted molar refractivity (Wildman–Crippen MR) is 94.1 cm³/mol. The summed E-state index contributed by atoms with van der Waals surface area (Å²) in [6.07, 6.45) is 0. The number of hydrogen-bond donors (Lipinski definition) is 2. The summed E-state index contributed by atoms with van der Waals surface area (Å²) in [4.78, 5) is 12.1. The van der Waals surface area contributed by atoms with E-state index in [0.717, 1.165) is 22.5 Å². The Kier molecular flexibility index (Phi) is 5.05. The molecule has 25 heavy (non-hydrogen) atoms. The Morgan fingerprint density at radius 1 is 1.04 bits per heavy atom. The van der Waals surface area contributed by atoms with Crippen molar-refractivity contribution in [3.63, 3.8) is 0 Å². The van der Waals surface area contributed by atoms with Gasteiger partial charge in [0.05, 0.1) is 0 Å². The standard InChI is InChI=1S/C20H18F2N2O/c1-13(18-9-7-16(21)11-19(18)22)23-12-20(25)24-17-8-6-14-4-2-3-5-15(14)10-17/h2-11,13,23H,12H2,1H3,(H,24,25)/p+1/t13-/m1/s1. The number of halogens is 2. The highest BCUT2D eigenvalue weighted by Crippen LogP contribution is 2.18. The maximum absolute atomic E-state index is 13.8. The van der Waals surface area contributed by atoms with E-state index in [1.54, 1.807) is 12.2 Å². The summed E-state index contributed by atoms with van der Waals surface area (Å²) in [7, 11) is 0. The van der Waals surface area contributed by atoms with E-state index in [0.29, 0.717) is 5.56 Å². The lowest BCUT2D eigenvalue weighted by atomic mass is 10.1. The van der Waals surface area contributed by atoms with Crippen LogP contribution in [0.2, 0.25) is 0 Å². The first-order valence-electron chi connectivity index (χ1n) is 8.10. The zero-order chi connectivity index (χ0) is 17.8. The maximum atomic E-state index is 13.8. The molecule has 0 aliphatic heterocycles. The second kappa shape index (κ2) is 7.40. The van der Waals surface area contributed by atoms with Gasteiger partial charge in [0.15, 0.2) is 6.54 Å². The van der Waals surface area contributed by atoms with Crippen molar-refractivity contribution in [3.05, 3.63) is 77.9 Å². The van der Waals surface area contributed by atoms with E-state index in [1.165, 1.54) is 12.1 Å². The third-order valence-corrected chi connectivity index (χ3v) is 4.14. The van der Waals surface area contributed by atoms with Crippen LogP contribution in [0.3, 0.4) is 0 Å². The molecular weight excluding hydrogens is 322 g/mol. The van der Waals surface area contributed by atoms with Gasteiger partial charge in [-0.05, 0) is 42.0 Å². The van der Waals surface area contributed by atoms with E-state index in [4.69, 9.17) is 0 Å². The molecular formula is C20H19F2N2O+. The lowest BCUT2D eigenvalue weighted by Gasteiger charge is -2.12. The zero-order valence-corrected chi connectivity index (χ0v) is 13.8. The summed E-state index contributed by atoms with van der Waals surface area (Å²) in [6, 6.07) is 16.8. The molecule has 0 heterocycles. The number of hydrogen-bond acceptors (Lipinski definition) is 1. The summed E-state index contributed by atoms with van der Waals surface area (Å²) < 4.78 is 26.7. The van der Waals surface area contributed by atoms with Crippen LogP contribution in [-0.4, -0.2) is 12.5 Å². The Morgan fingerprint density at radius 3 is 2.56 bits per heavy atom. The number of nitrogens with one attached hydrogen (secondary N) is 1. The normalized spacial score (nSPS) is 12.1. The number of benzene rings is 3. The molecule has 0 saturated carbocycles. The SMILES string of the molecule is C[C@@H]([NH2+]CC(=O)Nc1ccc2ccccc2c1)c1ccc(F)cc1F. The first-order valence-corrected chi connectivity index (χ1v) is 8.10. The average molecular weight is 341 g/mol. The van der Waals surface area contributed by atoms with E-state index < -0.39 is 11.6 Å². The van der Waals surface area contributed by atoms with Crippen LogP contribution in [0.1, 0.15) is 18.5 Å². The molecule has 0 unspecified atom stereocenters. The number of carbonyl (C=O) groups excluding carboxylic acids is 1. The number of quaternary nitrogens is 1. The Hall–Kier alpha value is -2.79. The van der Waals surface area contributed by atoms with Gasteiger partial charge in [-0.3, -0.25) is 4.79 Å². The molecule has 0 radical (unpaired) electrons. The van der Waals surface area contributed by atoms with Crippen LogP contribution in [0.4, 0.5) is 14.5 Å². The lowest BCUT2D eigenvalue weighted by molar-refractivity contribution is -0.682. The van der Waals surface area contributed by atoms with Gasteiger partial charge in [-0.2, -0.15) is 0 Å². The Morgan fingerprint density at radius 2 is 1.80 bits per heavy atom. The highest BCUT2D eigenvalue weighted by Gasteiger charge is 2.16. The minimum atomic E-state index is -0.609. The maximum Gasteiger partial charge on any atom is 0.279 e. The van der Waals surface area contributed by atoms with E-state index in [9.17, 15) is 13.6 Å². The van der Waals surface area contributed by atoms with Crippen molar-refractivity contribution >= 4 is 22.4 Å². The molecule has 0 aromatic heterocycles. The second-order valence-electron chi connectivity index (χ2n) is 6.00. The number of rotatable bonds is 5. The molecule has 1 amide bonds. The minimum absolute atomic E-state index is 0.144. The molecule has 3 aromatic carbocycles. The summed E-state index contributed by atoms with van der Waals surface area (Å²) >= 11 is 0. The number of anilines is 1. The van der Waals surface area contributed by atoms with Crippen LogP contribution in [0.15, 0.2) is 60.7 Å². The van der Waals surface area contributed by atoms with Crippen LogP contribution in [0.25, 0.3) is 10.8 Å². The van der Waals surface area contributed by atoms with Crippen molar-refractivity contribution in [3.8, 4) is 0 Å². The van der Waals surface area contributed by atoms with Crippen molar-refractivity contribution in [2.45, 2.75) is 13.0 Å². The van der Waals surface area contributed by atoms with Gasteiger partial charge in [0, 0.05) is 17.3 Å². The zero-order valence-electron chi connectivity index (χ0n) is 13.8. The Labute approximate surface area is 144 Å². The fourth-order valence-corrected chi connectivity index (χ4v) is 2.76. The van der Waals surface area contributed by atoms with Crippen LogP contribution in [-0.2, 0) is 4.79 Å². The van der Waals surface area contributed by atoms with Crippen molar-refractivity contribution in [1.82, 2.24) is 0 Å². The molecule has 0 aliphatic carbocycles. The molecule has 0 aliphatic rings. The molecule has 0 fully saturated rings. The van der Waals surface area contributed by atoms with Crippen molar-refractivity contribution in [1.29, 1.82) is 0 Å². The molecule has 0 spiro atoms. The van der Waals surface area contributed by atoms with Gasteiger partial charge in [-0.15, -0.1) is 0 Å². The number of carbonyl (C=O) groups is 1. The molecule has 3 rings (SSSR count). The van der Waals surface area contributed by atoms with Gasteiger partial charge >= 0.3 is 0 Å². The third kappa shape index (κ3) is 4.19. The summed E-state index contributed by atoms with van der Waals surface area (Å²) in [5.74, 6) is -1.38. The molecule has 0 bridgehead atoms. The van der Waals surface area contributed by atoms with Crippen molar-refractivity contribution < 1.29 is 18.9 Å². The fraction of sp³-hybridized carbons (Fsp3) is 0.150. The molecule has 3 N–H and O–H groups in total. The first kappa shape index (κ1) is 17.0. The topological polar surface area (TPSA) is 45.7 Å². The van der Waals surface area contributed by atoms with Gasteiger partial charge < -0.3 is 10.6 Å². The smallest absolute Gasteiger partial charge is 0.279 e. The number of fused-ring (bicyclic) bond motifs is 1. The van der Waals surface area contributed by atoms with Crippen LogP contribution < -0.4 is 10.6 Å². The van der Waals surface area contributed by atoms with Gasteiger partial charge in [-0.1, -0.05) is 30.3 Å². The lowest BCUT2D eigenvalue weighted by Crippen LogP contribution is -2.86.